The molecule has 14 heteroatoms. The van der Waals surface area contributed by atoms with Crippen LogP contribution in [0.4, 0.5) is 19.3 Å². The molecule has 3 aromatic rings. The summed E-state index contributed by atoms with van der Waals surface area (Å²) in [6, 6.07) is 3.12. The van der Waals surface area contributed by atoms with E-state index >= 15 is 0 Å². The summed E-state index contributed by atoms with van der Waals surface area (Å²) in [5.41, 5.74) is 0.219. The molecule has 0 radical (unpaired) electrons. The minimum atomic E-state index is -4.34. The number of amides is 2. The highest BCUT2D eigenvalue weighted by Gasteiger charge is 2.29. The van der Waals surface area contributed by atoms with Gasteiger partial charge in [-0.05, 0) is 24.3 Å². The lowest BCUT2D eigenvalue weighted by molar-refractivity contribution is 0.244. The number of halogens is 2. The predicted molar refractivity (Wildman–Crippen MR) is 109 cm³/mol. The molecule has 1 aliphatic rings. The molecule has 0 atom stereocenters. The normalized spacial score (nSPS) is 14.4. The number of benzene rings is 1. The Balaban J connectivity index is 1.86. The Kier molecular flexibility index (Phi) is 5.10. The van der Waals surface area contributed by atoms with Crippen LogP contribution in [0.25, 0.3) is 11.0 Å². The highest BCUT2D eigenvalue weighted by atomic mass is 32.2. The predicted octanol–water partition coefficient (Wildman–Crippen LogP) is 1.19. The first-order chi connectivity index (χ1) is 14.9. The molecule has 0 aliphatic carbocycles. The van der Waals surface area contributed by atoms with Crippen LogP contribution in [0.3, 0.4) is 0 Å². The number of nitrogens with one attached hydrogen (secondary N) is 1. The van der Waals surface area contributed by atoms with Crippen molar-refractivity contribution in [2.75, 3.05) is 11.2 Å². The summed E-state index contributed by atoms with van der Waals surface area (Å²) in [6.07, 6.45) is 2.36. The van der Waals surface area contributed by atoms with Gasteiger partial charge in [0.1, 0.15) is 11.6 Å². The van der Waals surface area contributed by atoms with Crippen LogP contribution in [0.5, 0.6) is 0 Å². The average molecular weight is 483 g/mol. The van der Waals surface area contributed by atoms with E-state index in [-0.39, 0.29) is 22.9 Å². The van der Waals surface area contributed by atoms with Gasteiger partial charge in [-0.25, -0.2) is 45.5 Å². The molecule has 0 saturated heterocycles. The Bertz CT molecular complexity index is 1490. The van der Waals surface area contributed by atoms with Gasteiger partial charge in [-0.3, -0.25) is 4.90 Å². The number of carbonyl (C=O) groups is 1. The van der Waals surface area contributed by atoms with Gasteiger partial charge in [0.15, 0.2) is 20.5 Å². The zero-order valence-electron chi connectivity index (χ0n) is 16.3. The smallest absolute Gasteiger partial charge is 0.322 e. The molecule has 0 fully saturated rings. The fourth-order valence-corrected chi connectivity index (χ4v) is 4.42. The number of nitrogens with two attached hydrogens (primary N) is 1. The van der Waals surface area contributed by atoms with Crippen molar-refractivity contribution in [3.63, 3.8) is 0 Å². The Morgan fingerprint density at radius 1 is 1.16 bits per heavy atom. The van der Waals surface area contributed by atoms with Crippen molar-refractivity contribution in [1.82, 2.24) is 15.3 Å². The van der Waals surface area contributed by atoms with Gasteiger partial charge >= 0.3 is 6.03 Å². The third-order valence-electron chi connectivity index (χ3n) is 4.84. The largest absolute Gasteiger partial charge is 0.333 e. The van der Waals surface area contributed by atoms with Crippen LogP contribution in [0, 0.1) is 11.6 Å². The summed E-state index contributed by atoms with van der Waals surface area (Å²) in [5.74, 6) is -2.41. The summed E-state index contributed by atoms with van der Waals surface area (Å²) >= 11 is 0. The standard InChI is InChI=1S/C18H15F2N5O5S2/c1-31(27,28)15-3-2-11-16-9(6-22-17(11)24-15)7-23-18(26)25(16)8-12-13(19)4-10(5-14(12)20)32(21,29)30/h2-6H,7-8H2,1H3,(H,23,26)(H2,21,29,30). The zero-order chi connectivity index (χ0) is 23.4. The van der Waals surface area contributed by atoms with Crippen molar-refractivity contribution >= 4 is 42.6 Å². The second kappa shape index (κ2) is 7.43. The van der Waals surface area contributed by atoms with Crippen molar-refractivity contribution in [3.05, 3.63) is 53.2 Å². The lowest BCUT2D eigenvalue weighted by atomic mass is 10.1. The SMILES string of the molecule is CS(=O)(=O)c1ccc2c3c(cnc2n1)CNC(=O)N3Cc1c(F)cc(S(N)(=O)=O)cc1F. The van der Waals surface area contributed by atoms with Gasteiger partial charge in [-0.2, -0.15) is 0 Å². The number of carbonyl (C=O) groups excluding carboxylic acids is 1. The Morgan fingerprint density at radius 2 is 1.81 bits per heavy atom. The maximum Gasteiger partial charge on any atom is 0.322 e. The first-order valence-corrected chi connectivity index (χ1v) is 12.3. The quantitative estimate of drug-likeness (QED) is 0.565. The van der Waals surface area contributed by atoms with Crippen LogP contribution in [-0.2, 0) is 33.0 Å². The molecule has 0 unspecified atom stereocenters. The monoisotopic (exact) mass is 483 g/mol. The van der Waals surface area contributed by atoms with Gasteiger partial charge in [0.2, 0.25) is 10.0 Å². The van der Waals surface area contributed by atoms with E-state index in [1.165, 1.54) is 18.3 Å². The van der Waals surface area contributed by atoms with Crippen LogP contribution in [0.2, 0.25) is 0 Å². The van der Waals surface area contributed by atoms with Crippen LogP contribution in [0.15, 0.2) is 40.4 Å². The summed E-state index contributed by atoms with van der Waals surface area (Å²) in [6.45, 7) is -0.509. The molecule has 0 saturated carbocycles. The van der Waals surface area contributed by atoms with Crippen molar-refractivity contribution < 1.29 is 30.4 Å². The van der Waals surface area contributed by atoms with Gasteiger partial charge in [-0.1, -0.05) is 0 Å². The summed E-state index contributed by atoms with van der Waals surface area (Å²) in [5, 5.41) is 7.56. The van der Waals surface area contributed by atoms with Gasteiger partial charge < -0.3 is 5.32 Å². The fourth-order valence-electron chi connectivity index (χ4n) is 3.31. The first kappa shape index (κ1) is 22.0. The minimum Gasteiger partial charge on any atom is -0.333 e. The van der Waals surface area contributed by atoms with Crippen LogP contribution in [-0.4, -0.2) is 39.1 Å². The number of sulfonamides is 1. The number of nitrogens with zero attached hydrogens (tertiary/aromatic N) is 3. The van der Waals surface area contributed by atoms with Gasteiger partial charge in [-0.15, -0.1) is 0 Å². The number of rotatable bonds is 4. The Morgan fingerprint density at radius 3 is 2.41 bits per heavy atom. The molecule has 168 valence electrons. The van der Waals surface area contributed by atoms with E-state index in [9.17, 15) is 30.4 Å². The molecule has 3 heterocycles. The highest BCUT2D eigenvalue weighted by molar-refractivity contribution is 7.90. The molecule has 2 amide bonds. The molecular formula is C18H15F2N5O5S2. The van der Waals surface area contributed by atoms with Crippen LogP contribution < -0.4 is 15.4 Å². The third kappa shape index (κ3) is 3.87. The van der Waals surface area contributed by atoms with Gasteiger partial charge in [0.25, 0.3) is 0 Å². The highest BCUT2D eigenvalue weighted by Crippen LogP contribution is 2.34. The summed E-state index contributed by atoms with van der Waals surface area (Å²) < 4.78 is 75.6. The number of urea groups is 1. The lowest BCUT2D eigenvalue weighted by Gasteiger charge is -2.31. The molecule has 2 aromatic heterocycles. The maximum absolute atomic E-state index is 14.6. The Hall–Kier alpha value is -3.23. The van der Waals surface area contributed by atoms with Crippen molar-refractivity contribution in [3.8, 4) is 0 Å². The van der Waals surface area contributed by atoms with Crippen LogP contribution >= 0.6 is 0 Å². The molecular weight excluding hydrogens is 468 g/mol. The first-order valence-electron chi connectivity index (χ1n) is 8.91. The van der Waals surface area contributed by atoms with E-state index in [4.69, 9.17) is 5.14 Å². The van der Waals surface area contributed by atoms with Gasteiger partial charge in [0.05, 0.1) is 17.1 Å². The topological polar surface area (TPSA) is 152 Å². The number of aromatic nitrogens is 2. The molecule has 1 aromatic carbocycles. The minimum absolute atomic E-state index is 0.0249. The van der Waals surface area contributed by atoms with E-state index in [1.54, 1.807) is 0 Å². The number of pyridine rings is 2. The number of anilines is 1. The van der Waals surface area contributed by atoms with E-state index in [2.05, 4.69) is 15.3 Å². The fraction of sp³-hybridized carbons (Fsp3) is 0.167. The average Bonchev–Trinajstić information content (AvgIpc) is 2.69. The number of fused-ring (bicyclic) bond motifs is 3. The van der Waals surface area contributed by atoms with E-state index < -0.39 is 54.5 Å². The number of hydrogen-bond donors (Lipinski definition) is 2. The van der Waals surface area contributed by atoms with E-state index in [1.807, 2.05) is 0 Å². The number of sulfone groups is 1. The lowest BCUT2D eigenvalue weighted by Crippen LogP contribution is -2.44. The number of hydrogen-bond acceptors (Lipinski definition) is 7. The van der Waals surface area contributed by atoms with Crippen molar-refractivity contribution in [2.45, 2.75) is 23.0 Å². The molecule has 32 heavy (non-hydrogen) atoms. The number of primary sulfonamides is 1. The second-order valence-corrected chi connectivity index (χ2v) is 10.6. The molecule has 4 rings (SSSR count). The van der Waals surface area contributed by atoms with E-state index in [0.717, 1.165) is 11.2 Å². The molecule has 1 aliphatic heterocycles. The second-order valence-electron chi connectivity index (χ2n) is 7.08. The van der Waals surface area contributed by atoms with Crippen LogP contribution in [0.1, 0.15) is 11.1 Å². The van der Waals surface area contributed by atoms with E-state index in [0.29, 0.717) is 23.1 Å². The van der Waals surface area contributed by atoms with Gasteiger partial charge in [0, 0.05) is 35.5 Å². The zero-order valence-corrected chi connectivity index (χ0v) is 18.0. The molecule has 10 nitrogen and oxygen atoms in total. The van der Waals surface area contributed by atoms with Crippen molar-refractivity contribution in [1.29, 1.82) is 0 Å². The summed E-state index contributed by atoms with van der Waals surface area (Å²) in [4.78, 5) is 21.0. The summed E-state index contributed by atoms with van der Waals surface area (Å²) in [7, 11) is -7.96. The molecule has 0 bridgehead atoms. The third-order valence-corrected chi connectivity index (χ3v) is 6.72. The van der Waals surface area contributed by atoms with Crippen molar-refractivity contribution in [2.24, 2.45) is 5.14 Å². The maximum atomic E-state index is 14.6. The molecule has 3 N–H and O–H groups in total. The molecule has 0 spiro atoms. The Labute approximate surface area is 181 Å².